The van der Waals surface area contributed by atoms with Crippen molar-refractivity contribution in [3.63, 3.8) is 0 Å². The van der Waals surface area contributed by atoms with Crippen LogP contribution in [0.15, 0.2) is 52.5 Å². The van der Waals surface area contributed by atoms with Crippen LogP contribution in [0.2, 0.25) is 5.02 Å². The molecule has 0 unspecified atom stereocenters. The predicted molar refractivity (Wildman–Crippen MR) is 143 cm³/mol. The minimum Gasteiger partial charge on any atom is -0.395 e. The summed E-state index contributed by atoms with van der Waals surface area (Å²) in [5.74, 6) is -0.292. The number of carbonyl (C=O) groups is 1. The van der Waals surface area contributed by atoms with E-state index in [0.29, 0.717) is 22.1 Å². The van der Waals surface area contributed by atoms with Gasteiger partial charge in [-0.3, -0.25) is 14.4 Å². The van der Waals surface area contributed by atoms with Crippen LogP contribution in [0.3, 0.4) is 0 Å². The standard InChI is InChI=1S/C26H25ClF3N5O2S/c27-20-4-3-18(21(14-20)26(28,29)30)16-35-22-5-2-17(12-19(22)15-31-35)13-23-24(37)32-25(38-23)34-7-1-6-33(8-9-34)10-11-36/h2-5,12-15,36H,1,6-11,16H2. The van der Waals surface area contributed by atoms with Gasteiger partial charge >= 0.3 is 6.18 Å². The van der Waals surface area contributed by atoms with Gasteiger partial charge in [-0.2, -0.15) is 23.3 Å². The van der Waals surface area contributed by atoms with E-state index in [9.17, 15) is 23.1 Å². The van der Waals surface area contributed by atoms with Crippen LogP contribution in [0.5, 0.6) is 0 Å². The summed E-state index contributed by atoms with van der Waals surface area (Å²) in [5.41, 5.74) is 0.739. The summed E-state index contributed by atoms with van der Waals surface area (Å²) in [4.78, 5) is 21.7. The molecule has 0 saturated carbocycles. The molecule has 1 fully saturated rings. The number of benzene rings is 2. The van der Waals surface area contributed by atoms with Crippen LogP contribution in [0, 0.1) is 0 Å². The number of hydrogen-bond donors (Lipinski definition) is 1. The zero-order valence-corrected chi connectivity index (χ0v) is 21.9. The molecule has 0 radical (unpaired) electrons. The molecule has 2 aliphatic heterocycles. The van der Waals surface area contributed by atoms with Crippen molar-refractivity contribution >= 4 is 51.4 Å². The molecule has 1 aromatic heterocycles. The molecule has 0 bridgehead atoms. The first-order valence-corrected chi connectivity index (χ1v) is 13.3. The molecule has 1 amide bonds. The summed E-state index contributed by atoms with van der Waals surface area (Å²) < 4.78 is 42.1. The average Bonchev–Trinajstić information content (AvgIpc) is 3.34. The molecule has 3 heterocycles. The number of hydrogen-bond acceptors (Lipinski definition) is 6. The van der Waals surface area contributed by atoms with Crippen molar-refractivity contribution in [3.8, 4) is 0 Å². The topological polar surface area (TPSA) is 74.0 Å². The van der Waals surface area contributed by atoms with Gasteiger partial charge in [-0.1, -0.05) is 23.7 Å². The first-order chi connectivity index (χ1) is 18.2. The zero-order chi connectivity index (χ0) is 26.9. The van der Waals surface area contributed by atoms with Crippen LogP contribution >= 0.6 is 23.4 Å². The highest BCUT2D eigenvalue weighted by molar-refractivity contribution is 8.18. The van der Waals surface area contributed by atoms with Gasteiger partial charge in [0.2, 0.25) is 0 Å². The number of amidine groups is 1. The van der Waals surface area contributed by atoms with Gasteiger partial charge in [0.1, 0.15) is 0 Å². The molecule has 0 atom stereocenters. The van der Waals surface area contributed by atoms with Crippen LogP contribution in [0.4, 0.5) is 13.2 Å². The van der Waals surface area contributed by atoms with Gasteiger partial charge in [0, 0.05) is 36.6 Å². The normalized spacial score (nSPS) is 18.4. The number of rotatable bonds is 5. The third kappa shape index (κ3) is 5.90. The highest BCUT2D eigenvalue weighted by atomic mass is 35.5. The predicted octanol–water partition coefficient (Wildman–Crippen LogP) is 4.73. The van der Waals surface area contributed by atoms with Crippen molar-refractivity contribution in [1.82, 2.24) is 19.6 Å². The fraction of sp³-hybridized carbons (Fsp3) is 0.346. The smallest absolute Gasteiger partial charge is 0.395 e. The lowest BCUT2D eigenvalue weighted by molar-refractivity contribution is -0.138. The molecule has 5 rings (SSSR count). The van der Waals surface area contributed by atoms with Crippen molar-refractivity contribution in [3.05, 3.63) is 69.2 Å². The molecule has 200 valence electrons. The summed E-state index contributed by atoms with van der Waals surface area (Å²) in [6.45, 7) is 3.93. The number of alkyl halides is 3. The van der Waals surface area contributed by atoms with Crippen LogP contribution in [-0.2, 0) is 17.5 Å². The number of carbonyl (C=O) groups excluding carboxylic acids is 1. The monoisotopic (exact) mass is 563 g/mol. The Morgan fingerprint density at radius 2 is 1.95 bits per heavy atom. The molecule has 1 saturated heterocycles. The summed E-state index contributed by atoms with van der Waals surface area (Å²) in [7, 11) is 0. The van der Waals surface area contributed by atoms with E-state index in [1.54, 1.807) is 18.3 Å². The van der Waals surface area contributed by atoms with Crippen LogP contribution in [0.25, 0.3) is 17.0 Å². The van der Waals surface area contributed by atoms with Gasteiger partial charge in [-0.15, -0.1) is 0 Å². The Morgan fingerprint density at radius 1 is 1.11 bits per heavy atom. The number of aliphatic imine (C=N–C) groups is 1. The number of amides is 1. The van der Waals surface area contributed by atoms with E-state index < -0.39 is 11.7 Å². The van der Waals surface area contributed by atoms with E-state index in [-0.39, 0.29) is 29.6 Å². The lowest BCUT2D eigenvalue weighted by Crippen LogP contribution is -2.34. The molecule has 2 aliphatic rings. The number of thioether (sulfide) groups is 1. The Bertz CT molecular complexity index is 1420. The molecule has 2 aromatic carbocycles. The first kappa shape index (κ1) is 26.7. The van der Waals surface area contributed by atoms with E-state index in [1.807, 2.05) is 12.1 Å². The van der Waals surface area contributed by atoms with Crippen LogP contribution < -0.4 is 0 Å². The Balaban J connectivity index is 1.31. The van der Waals surface area contributed by atoms with E-state index >= 15 is 0 Å². The lowest BCUT2D eigenvalue weighted by atomic mass is 10.1. The van der Waals surface area contributed by atoms with Gasteiger partial charge in [0.15, 0.2) is 5.17 Å². The van der Waals surface area contributed by atoms with Gasteiger partial charge in [-0.25, -0.2) is 0 Å². The molecule has 12 heteroatoms. The molecule has 0 aliphatic carbocycles. The fourth-order valence-corrected chi connectivity index (χ4v) is 5.78. The van der Waals surface area contributed by atoms with Crippen molar-refractivity contribution in [2.45, 2.75) is 19.1 Å². The third-order valence-electron chi connectivity index (χ3n) is 6.55. The summed E-state index contributed by atoms with van der Waals surface area (Å²) in [6.07, 6.45) is -0.229. The maximum Gasteiger partial charge on any atom is 0.416 e. The molecule has 1 N–H and O–H groups in total. The highest BCUT2D eigenvalue weighted by Crippen LogP contribution is 2.35. The molecule has 38 heavy (non-hydrogen) atoms. The quantitative estimate of drug-likeness (QED) is 0.453. The maximum absolute atomic E-state index is 13.5. The lowest BCUT2D eigenvalue weighted by Gasteiger charge is -2.21. The molecular formula is C26H25ClF3N5O2S. The van der Waals surface area contributed by atoms with Crippen LogP contribution in [-0.4, -0.2) is 75.1 Å². The van der Waals surface area contributed by atoms with E-state index in [4.69, 9.17) is 11.6 Å². The SMILES string of the molecule is O=C1N=C(N2CCCN(CCO)CC2)SC1=Cc1ccc2c(cnn2Cc2ccc(Cl)cc2C(F)(F)F)c1. The Morgan fingerprint density at radius 3 is 2.74 bits per heavy atom. The fourth-order valence-electron chi connectivity index (χ4n) is 4.64. The Kier molecular flexibility index (Phi) is 7.80. The largest absolute Gasteiger partial charge is 0.416 e. The molecule has 3 aromatic rings. The van der Waals surface area contributed by atoms with Crippen molar-refractivity contribution < 1.29 is 23.1 Å². The van der Waals surface area contributed by atoms with Crippen LogP contribution in [0.1, 0.15) is 23.1 Å². The van der Waals surface area contributed by atoms with Gasteiger partial charge in [-0.05, 0) is 66.2 Å². The second kappa shape index (κ2) is 11.1. The number of nitrogens with zero attached hydrogens (tertiary/aromatic N) is 5. The van der Waals surface area contributed by atoms with Gasteiger partial charge in [0.05, 0.1) is 35.3 Å². The number of fused-ring (bicyclic) bond motifs is 1. The molecule has 0 spiro atoms. The number of aliphatic hydroxyl groups excluding tert-OH is 1. The van der Waals surface area contributed by atoms with Gasteiger partial charge < -0.3 is 10.0 Å². The third-order valence-corrected chi connectivity index (χ3v) is 7.83. The van der Waals surface area contributed by atoms with E-state index in [2.05, 4.69) is 19.9 Å². The van der Waals surface area contributed by atoms with Crippen molar-refractivity contribution in [2.75, 3.05) is 39.3 Å². The van der Waals surface area contributed by atoms with Gasteiger partial charge in [0.25, 0.3) is 5.91 Å². The number of halogens is 4. The first-order valence-electron chi connectivity index (χ1n) is 12.1. The summed E-state index contributed by atoms with van der Waals surface area (Å²) in [6, 6.07) is 9.18. The van der Waals surface area contributed by atoms with Crippen molar-refractivity contribution in [2.24, 2.45) is 4.99 Å². The zero-order valence-electron chi connectivity index (χ0n) is 20.3. The number of β-amino-alcohol motifs (C(OH)–C–C–N with tert-alkyl or cyclic N) is 1. The highest BCUT2D eigenvalue weighted by Gasteiger charge is 2.34. The Labute approximate surface area is 226 Å². The number of aromatic nitrogens is 2. The molecular weight excluding hydrogens is 539 g/mol. The average molecular weight is 564 g/mol. The second-order valence-electron chi connectivity index (χ2n) is 9.14. The van der Waals surface area contributed by atoms with E-state index in [0.717, 1.165) is 49.6 Å². The minimum absolute atomic E-state index is 0.0232. The number of aliphatic hydroxyl groups is 1. The summed E-state index contributed by atoms with van der Waals surface area (Å²) in [5, 5.41) is 14.9. The van der Waals surface area contributed by atoms with Crippen molar-refractivity contribution in [1.29, 1.82) is 0 Å². The maximum atomic E-state index is 13.5. The van der Waals surface area contributed by atoms with E-state index in [1.165, 1.54) is 28.6 Å². The minimum atomic E-state index is -4.53. The Hall–Kier alpha value is -2.86. The molecule has 7 nitrogen and oxygen atoms in total. The summed E-state index contributed by atoms with van der Waals surface area (Å²) >= 11 is 7.14. The second-order valence-corrected chi connectivity index (χ2v) is 10.6.